The molecule has 0 atom stereocenters. The van der Waals surface area contributed by atoms with E-state index in [1.807, 2.05) is 53.2 Å². The summed E-state index contributed by atoms with van der Waals surface area (Å²) in [4.78, 5) is 17.5. The summed E-state index contributed by atoms with van der Waals surface area (Å²) in [5.74, 6) is -0.272. The Kier molecular flexibility index (Phi) is 5.06. The topological polar surface area (TPSA) is 88.0 Å². The van der Waals surface area contributed by atoms with Crippen LogP contribution in [0.3, 0.4) is 0 Å². The summed E-state index contributed by atoms with van der Waals surface area (Å²) in [5, 5.41) is 18.0. The predicted octanol–water partition coefficient (Wildman–Crippen LogP) is 4.19. The molecule has 0 bridgehead atoms. The average molecular weight is 441 g/mol. The number of hydrogen-bond acceptors (Lipinski definition) is 4. The van der Waals surface area contributed by atoms with Gasteiger partial charge >= 0.3 is 0 Å². The van der Waals surface area contributed by atoms with Crippen molar-refractivity contribution in [3.8, 4) is 6.07 Å². The molecular weight excluding hydrogens is 424 g/mol. The zero-order valence-corrected chi connectivity index (χ0v) is 17.6. The van der Waals surface area contributed by atoms with Crippen molar-refractivity contribution in [3.05, 3.63) is 101 Å². The number of carbonyl (C=O) groups is 1. The Balaban J connectivity index is 1.38. The SMILES string of the molecule is N#Cc1ccc2nc(CNC(=O)c3nn(Cc4ccc(Cl)cc4)c4ccccc34)cn2c1. The Bertz CT molecular complexity index is 1490. The number of hydrogen-bond donors (Lipinski definition) is 1. The van der Waals surface area contributed by atoms with Gasteiger partial charge in [-0.3, -0.25) is 9.48 Å². The van der Waals surface area contributed by atoms with Crippen molar-refractivity contribution < 1.29 is 4.79 Å². The average Bonchev–Trinajstić information content (AvgIpc) is 3.40. The van der Waals surface area contributed by atoms with Gasteiger partial charge in [0.15, 0.2) is 5.69 Å². The maximum absolute atomic E-state index is 13.0. The zero-order chi connectivity index (χ0) is 22.1. The number of aromatic nitrogens is 4. The summed E-state index contributed by atoms with van der Waals surface area (Å²) >= 11 is 5.99. The van der Waals surface area contributed by atoms with Crippen LogP contribution in [-0.4, -0.2) is 25.1 Å². The van der Waals surface area contributed by atoms with Gasteiger partial charge in [0.25, 0.3) is 5.91 Å². The Labute approximate surface area is 188 Å². The summed E-state index contributed by atoms with van der Waals surface area (Å²) in [5.41, 5.74) is 4.23. The Morgan fingerprint density at radius 1 is 1.06 bits per heavy atom. The number of nitrogens with one attached hydrogen (secondary N) is 1. The number of halogens is 1. The van der Waals surface area contributed by atoms with E-state index >= 15 is 0 Å². The van der Waals surface area contributed by atoms with Crippen LogP contribution in [-0.2, 0) is 13.1 Å². The van der Waals surface area contributed by atoms with Crippen LogP contribution in [0.5, 0.6) is 0 Å². The van der Waals surface area contributed by atoms with E-state index in [1.165, 1.54) is 0 Å². The van der Waals surface area contributed by atoms with Crippen molar-refractivity contribution in [1.29, 1.82) is 5.26 Å². The predicted molar refractivity (Wildman–Crippen MR) is 121 cm³/mol. The van der Waals surface area contributed by atoms with Crippen LogP contribution in [0.1, 0.15) is 27.3 Å². The molecule has 0 aliphatic rings. The molecule has 1 amide bonds. The molecular formula is C24H17ClN6O. The quantitative estimate of drug-likeness (QED) is 0.444. The number of para-hydroxylation sites is 1. The van der Waals surface area contributed by atoms with Gasteiger partial charge in [-0.25, -0.2) is 4.98 Å². The van der Waals surface area contributed by atoms with Gasteiger partial charge in [-0.1, -0.05) is 41.9 Å². The summed E-state index contributed by atoms with van der Waals surface area (Å²) in [7, 11) is 0. The summed E-state index contributed by atoms with van der Waals surface area (Å²) in [6.07, 6.45) is 3.51. The van der Waals surface area contributed by atoms with Crippen LogP contribution < -0.4 is 5.32 Å². The highest BCUT2D eigenvalue weighted by Crippen LogP contribution is 2.20. The van der Waals surface area contributed by atoms with E-state index in [9.17, 15) is 4.79 Å². The van der Waals surface area contributed by atoms with Crippen LogP contribution in [0.4, 0.5) is 0 Å². The van der Waals surface area contributed by atoms with E-state index in [0.717, 1.165) is 16.5 Å². The third-order valence-corrected chi connectivity index (χ3v) is 5.43. The molecule has 0 fully saturated rings. The molecule has 8 heteroatoms. The lowest BCUT2D eigenvalue weighted by Crippen LogP contribution is -2.24. The van der Waals surface area contributed by atoms with E-state index in [1.54, 1.807) is 28.9 Å². The van der Waals surface area contributed by atoms with Crippen LogP contribution in [0, 0.1) is 11.3 Å². The summed E-state index contributed by atoms with van der Waals surface area (Å²) < 4.78 is 3.60. The van der Waals surface area contributed by atoms with Crippen molar-refractivity contribution in [2.45, 2.75) is 13.1 Å². The van der Waals surface area contributed by atoms with Crippen molar-refractivity contribution in [2.75, 3.05) is 0 Å². The summed E-state index contributed by atoms with van der Waals surface area (Å²) in [6.45, 7) is 0.777. The van der Waals surface area contributed by atoms with Crippen LogP contribution in [0.2, 0.25) is 5.02 Å². The largest absolute Gasteiger partial charge is 0.345 e. The highest BCUT2D eigenvalue weighted by molar-refractivity contribution is 6.30. The number of nitrogens with zero attached hydrogens (tertiary/aromatic N) is 5. The molecule has 0 saturated heterocycles. The number of carbonyl (C=O) groups excluding carboxylic acids is 1. The fourth-order valence-electron chi connectivity index (χ4n) is 3.63. The van der Waals surface area contributed by atoms with Gasteiger partial charge in [0, 0.05) is 22.8 Å². The normalized spacial score (nSPS) is 11.0. The van der Waals surface area contributed by atoms with E-state index < -0.39 is 0 Å². The lowest BCUT2D eigenvalue weighted by atomic mass is 10.2. The number of benzene rings is 2. The first kappa shape index (κ1) is 19.8. The molecule has 7 nitrogen and oxygen atoms in total. The molecule has 0 saturated carbocycles. The molecule has 2 aromatic carbocycles. The van der Waals surface area contributed by atoms with Crippen molar-refractivity contribution >= 4 is 34.1 Å². The van der Waals surface area contributed by atoms with Crippen LogP contribution in [0.25, 0.3) is 16.6 Å². The second kappa shape index (κ2) is 8.17. The lowest BCUT2D eigenvalue weighted by molar-refractivity contribution is 0.0946. The molecule has 5 aromatic rings. The number of fused-ring (bicyclic) bond motifs is 2. The fourth-order valence-corrected chi connectivity index (χ4v) is 3.75. The van der Waals surface area contributed by atoms with Crippen molar-refractivity contribution in [3.63, 3.8) is 0 Å². The van der Waals surface area contributed by atoms with Gasteiger partial charge in [-0.05, 0) is 35.9 Å². The molecule has 3 heterocycles. The zero-order valence-electron chi connectivity index (χ0n) is 16.9. The monoisotopic (exact) mass is 440 g/mol. The van der Waals surface area contributed by atoms with Gasteiger partial charge < -0.3 is 9.72 Å². The number of imidazole rings is 1. The molecule has 0 spiro atoms. The molecule has 0 aliphatic carbocycles. The molecule has 0 aliphatic heterocycles. The highest BCUT2D eigenvalue weighted by atomic mass is 35.5. The van der Waals surface area contributed by atoms with Gasteiger partial charge in [-0.2, -0.15) is 10.4 Å². The number of rotatable bonds is 5. The minimum Gasteiger partial charge on any atom is -0.345 e. The third-order valence-electron chi connectivity index (χ3n) is 5.18. The Morgan fingerprint density at radius 2 is 1.88 bits per heavy atom. The number of pyridine rings is 1. The first-order valence-electron chi connectivity index (χ1n) is 9.96. The molecule has 5 rings (SSSR count). The minimum atomic E-state index is -0.272. The van der Waals surface area contributed by atoms with Crippen LogP contribution in [0.15, 0.2) is 73.1 Å². The smallest absolute Gasteiger partial charge is 0.272 e. The number of amides is 1. The second-order valence-electron chi connectivity index (χ2n) is 7.36. The van der Waals surface area contributed by atoms with Gasteiger partial charge in [0.1, 0.15) is 11.7 Å². The fraction of sp³-hybridized carbons (Fsp3) is 0.0833. The first-order chi connectivity index (χ1) is 15.6. The van der Waals surface area contributed by atoms with Gasteiger partial charge in [0.05, 0.1) is 29.9 Å². The van der Waals surface area contributed by atoms with Gasteiger partial charge in [-0.15, -0.1) is 0 Å². The molecule has 0 radical (unpaired) electrons. The Hall–Kier alpha value is -4.15. The van der Waals surface area contributed by atoms with Gasteiger partial charge in [0.2, 0.25) is 0 Å². The number of nitriles is 1. The van der Waals surface area contributed by atoms with E-state index in [4.69, 9.17) is 16.9 Å². The lowest BCUT2D eigenvalue weighted by Gasteiger charge is -2.04. The third kappa shape index (κ3) is 3.80. The minimum absolute atomic E-state index is 0.251. The molecule has 3 aromatic heterocycles. The maximum atomic E-state index is 13.0. The van der Waals surface area contributed by atoms with Crippen LogP contribution >= 0.6 is 11.6 Å². The molecule has 32 heavy (non-hydrogen) atoms. The highest BCUT2D eigenvalue weighted by Gasteiger charge is 2.17. The summed E-state index contributed by atoms with van der Waals surface area (Å²) in [6, 6.07) is 20.8. The first-order valence-corrected chi connectivity index (χ1v) is 10.3. The second-order valence-corrected chi connectivity index (χ2v) is 7.80. The molecule has 156 valence electrons. The molecule has 0 unspecified atom stereocenters. The van der Waals surface area contributed by atoms with E-state index in [2.05, 4.69) is 21.5 Å². The standard InChI is InChI=1S/C24H17ClN6O/c25-18-8-5-16(6-9-18)14-31-21-4-2-1-3-20(21)23(29-31)24(32)27-12-19-15-30-13-17(11-26)7-10-22(30)28-19/h1-10,13,15H,12,14H2,(H,27,32). The Morgan fingerprint density at radius 3 is 2.69 bits per heavy atom. The van der Waals surface area contributed by atoms with E-state index in [-0.39, 0.29) is 12.5 Å². The van der Waals surface area contributed by atoms with Crippen molar-refractivity contribution in [1.82, 2.24) is 24.5 Å². The molecule has 1 N–H and O–H groups in total. The maximum Gasteiger partial charge on any atom is 0.272 e. The van der Waals surface area contributed by atoms with E-state index in [0.29, 0.717) is 34.2 Å². The van der Waals surface area contributed by atoms with Crippen molar-refractivity contribution in [2.24, 2.45) is 0 Å².